The van der Waals surface area contributed by atoms with Crippen molar-refractivity contribution in [2.24, 2.45) is 0 Å². The summed E-state index contributed by atoms with van der Waals surface area (Å²) in [5.41, 5.74) is 0. The Bertz CT molecular complexity index is 168. The second-order valence-corrected chi connectivity index (χ2v) is 5.86. The Hall–Kier alpha value is 0.620. The molecule has 0 fully saturated rings. The van der Waals surface area contributed by atoms with E-state index in [1.165, 1.54) is 0 Å². The first-order chi connectivity index (χ1) is 6.63. The lowest BCUT2D eigenvalue weighted by atomic mass is 10.2. The van der Waals surface area contributed by atoms with Gasteiger partial charge in [-0.2, -0.15) is 0 Å². The number of hydrogen-bond donors (Lipinski definition) is 0. The zero-order valence-electron chi connectivity index (χ0n) is 7.63. The summed E-state index contributed by atoms with van der Waals surface area (Å²) in [5, 5.41) is 0. The van der Waals surface area contributed by atoms with E-state index in [1.807, 2.05) is 0 Å². The normalized spacial score (nSPS) is 10.1. The third-order valence-electron chi connectivity index (χ3n) is 1.47. The summed E-state index contributed by atoms with van der Waals surface area (Å²) in [7, 11) is 0. The molecule has 0 aromatic carbocycles. The average Bonchev–Trinajstić information content (AvgIpc) is 2.08. The SMILES string of the molecule is O=C(Cl)SCCCCCCSC(=O)Cl. The fourth-order valence-corrected chi connectivity index (χ4v) is 2.34. The molecule has 0 saturated carbocycles. The average molecular weight is 275 g/mol. The molecule has 0 amide bonds. The highest BCUT2D eigenvalue weighted by molar-refractivity contribution is 8.16. The van der Waals surface area contributed by atoms with Gasteiger partial charge in [0.05, 0.1) is 0 Å². The first-order valence-electron chi connectivity index (χ1n) is 4.27. The molecular formula is C8H12Cl2O2S2. The van der Waals surface area contributed by atoms with E-state index in [1.54, 1.807) is 0 Å². The van der Waals surface area contributed by atoms with Crippen LogP contribution in [0.1, 0.15) is 25.7 Å². The molecule has 0 bridgehead atoms. The number of rotatable bonds is 7. The number of unbranched alkanes of at least 4 members (excludes halogenated alkanes) is 3. The Balaban J connectivity index is 2.99. The molecule has 6 heteroatoms. The summed E-state index contributed by atoms with van der Waals surface area (Å²) < 4.78 is -0.679. The maximum atomic E-state index is 10.3. The van der Waals surface area contributed by atoms with Gasteiger partial charge in [-0.25, -0.2) is 0 Å². The van der Waals surface area contributed by atoms with Gasteiger partial charge in [-0.1, -0.05) is 36.4 Å². The molecule has 0 atom stereocenters. The van der Waals surface area contributed by atoms with Crippen LogP contribution >= 0.6 is 46.7 Å². The van der Waals surface area contributed by atoms with E-state index in [9.17, 15) is 9.59 Å². The Morgan fingerprint density at radius 3 is 1.43 bits per heavy atom. The Morgan fingerprint density at radius 1 is 0.786 bits per heavy atom. The molecule has 0 aromatic heterocycles. The predicted octanol–water partition coefficient (Wildman–Crippen LogP) is 4.73. The minimum atomic E-state index is -0.340. The number of carbonyl (C=O) groups is 2. The summed E-state index contributed by atoms with van der Waals surface area (Å²) in [6.07, 6.45) is 4.10. The van der Waals surface area contributed by atoms with Gasteiger partial charge in [0.2, 0.25) is 0 Å². The molecular weight excluding hydrogens is 263 g/mol. The van der Waals surface area contributed by atoms with Crippen molar-refractivity contribution in [1.82, 2.24) is 0 Å². The zero-order valence-corrected chi connectivity index (χ0v) is 10.8. The summed E-state index contributed by atoms with van der Waals surface area (Å²) in [6.45, 7) is 0. The minimum absolute atomic E-state index is 0.340. The van der Waals surface area contributed by atoms with Gasteiger partial charge in [0, 0.05) is 11.5 Å². The van der Waals surface area contributed by atoms with E-state index in [-0.39, 0.29) is 9.15 Å². The molecule has 0 aliphatic carbocycles. The molecule has 0 aliphatic heterocycles. The largest absolute Gasteiger partial charge is 0.279 e. The second-order valence-electron chi connectivity index (χ2n) is 2.59. The van der Waals surface area contributed by atoms with Gasteiger partial charge in [-0.05, 0) is 36.0 Å². The lowest BCUT2D eigenvalue weighted by Crippen LogP contribution is -1.86. The molecule has 0 aromatic rings. The Morgan fingerprint density at radius 2 is 1.14 bits per heavy atom. The fraction of sp³-hybridized carbons (Fsp3) is 0.750. The Kier molecular flexibility index (Phi) is 10.6. The molecule has 0 unspecified atom stereocenters. The van der Waals surface area contributed by atoms with E-state index in [2.05, 4.69) is 0 Å². The molecule has 0 radical (unpaired) electrons. The number of halogens is 2. The predicted molar refractivity (Wildman–Crippen MR) is 65.9 cm³/mol. The van der Waals surface area contributed by atoms with Crippen molar-refractivity contribution < 1.29 is 9.59 Å². The monoisotopic (exact) mass is 274 g/mol. The van der Waals surface area contributed by atoms with Crippen molar-refractivity contribution in [3.8, 4) is 0 Å². The molecule has 2 nitrogen and oxygen atoms in total. The highest BCUT2D eigenvalue weighted by Crippen LogP contribution is 2.14. The molecule has 0 saturated heterocycles. The van der Waals surface area contributed by atoms with Crippen molar-refractivity contribution in [3.63, 3.8) is 0 Å². The molecule has 0 spiro atoms. The molecule has 82 valence electrons. The zero-order chi connectivity index (χ0) is 10.8. The van der Waals surface area contributed by atoms with Gasteiger partial charge in [-0.3, -0.25) is 9.59 Å². The molecule has 0 heterocycles. The van der Waals surface area contributed by atoms with Crippen LogP contribution < -0.4 is 0 Å². The van der Waals surface area contributed by atoms with Crippen LogP contribution in [0.25, 0.3) is 0 Å². The van der Waals surface area contributed by atoms with Crippen LogP contribution in [0.15, 0.2) is 0 Å². The van der Waals surface area contributed by atoms with Gasteiger partial charge < -0.3 is 0 Å². The van der Waals surface area contributed by atoms with Gasteiger partial charge in [0.25, 0.3) is 9.15 Å². The van der Waals surface area contributed by atoms with Crippen LogP contribution in [0, 0.1) is 0 Å². The fourth-order valence-electron chi connectivity index (χ4n) is 0.863. The van der Waals surface area contributed by atoms with E-state index >= 15 is 0 Å². The van der Waals surface area contributed by atoms with Crippen LogP contribution in [0.2, 0.25) is 0 Å². The summed E-state index contributed by atoms with van der Waals surface area (Å²) in [5.74, 6) is 1.56. The van der Waals surface area contributed by atoms with Crippen LogP contribution in [0.3, 0.4) is 0 Å². The number of thioether (sulfide) groups is 2. The van der Waals surface area contributed by atoms with Crippen LogP contribution in [-0.2, 0) is 0 Å². The van der Waals surface area contributed by atoms with Crippen LogP contribution in [-0.4, -0.2) is 20.7 Å². The molecule has 0 N–H and O–H groups in total. The van der Waals surface area contributed by atoms with Crippen molar-refractivity contribution >= 4 is 55.9 Å². The summed E-state index contributed by atoms with van der Waals surface area (Å²) >= 11 is 12.6. The summed E-state index contributed by atoms with van der Waals surface area (Å²) in [4.78, 5) is 20.7. The standard InChI is InChI=1S/C8H12Cl2O2S2/c9-7(11)13-5-3-1-2-4-6-14-8(10)12/h1-6H2. The van der Waals surface area contributed by atoms with Crippen LogP contribution in [0.5, 0.6) is 0 Å². The summed E-state index contributed by atoms with van der Waals surface area (Å²) in [6, 6.07) is 0. The van der Waals surface area contributed by atoms with Crippen molar-refractivity contribution in [2.75, 3.05) is 11.5 Å². The molecule has 14 heavy (non-hydrogen) atoms. The first-order valence-corrected chi connectivity index (χ1v) is 7.00. The second kappa shape index (κ2) is 10.1. The third-order valence-corrected chi connectivity index (χ3v) is 3.56. The lowest BCUT2D eigenvalue weighted by Gasteiger charge is -1.98. The first kappa shape index (κ1) is 14.6. The quantitative estimate of drug-likeness (QED) is 0.497. The number of hydrogen-bond acceptors (Lipinski definition) is 4. The third kappa shape index (κ3) is 12.6. The van der Waals surface area contributed by atoms with Crippen molar-refractivity contribution in [1.29, 1.82) is 0 Å². The maximum Gasteiger partial charge on any atom is 0.279 e. The van der Waals surface area contributed by atoms with Crippen molar-refractivity contribution in [2.45, 2.75) is 25.7 Å². The highest BCUT2D eigenvalue weighted by atomic mass is 35.5. The number of carbonyl (C=O) groups excluding carboxylic acids is 2. The minimum Gasteiger partial charge on any atom is -0.268 e. The van der Waals surface area contributed by atoms with E-state index in [0.717, 1.165) is 60.7 Å². The smallest absolute Gasteiger partial charge is 0.268 e. The highest BCUT2D eigenvalue weighted by Gasteiger charge is 1.98. The topological polar surface area (TPSA) is 34.1 Å². The van der Waals surface area contributed by atoms with E-state index < -0.39 is 0 Å². The van der Waals surface area contributed by atoms with Crippen molar-refractivity contribution in [3.05, 3.63) is 0 Å². The molecule has 0 aliphatic rings. The molecule has 0 rings (SSSR count). The van der Waals surface area contributed by atoms with Gasteiger partial charge >= 0.3 is 0 Å². The van der Waals surface area contributed by atoms with E-state index in [0.29, 0.717) is 0 Å². The maximum absolute atomic E-state index is 10.3. The van der Waals surface area contributed by atoms with E-state index in [4.69, 9.17) is 23.2 Å². The van der Waals surface area contributed by atoms with Crippen LogP contribution in [0.4, 0.5) is 9.59 Å². The van der Waals surface area contributed by atoms with Gasteiger partial charge in [-0.15, -0.1) is 0 Å². The lowest BCUT2D eigenvalue weighted by molar-refractivity contribution is 0.275. The van der Waals surface area contributed by atoms with Gasteiger partial charge in [0.1, 0.15) is 0 Å². The Labute approximate surface area is 102 Å². The van der Waals surface area contributed by atoms with Gasteiger partial charge in [0.15, 0.2) is 0 Å².